The van der Waals surface area contributed by atoms with Gasteiger partial charge in [0.15, 0.2) is 0 Å². The number of rotatable bonds is 8. The van der Waals surface area contributed by atoms with Crippen molar-refractivity contribution in [3.63, 3.8) is 0 Å². The summed E-state index contributed by atoms with van der Waals surface area (Å²) in [5.41, 5.74) is 3.62. The number of methoxy groups -OCH3 is 1. The molecule has 0 aliphatic rings. The first-order valence-corrected chi connectivity index (χ1v) is 8.92. The Morgan fingerprint density at radius 3 is 2.27 bits per heavy atom. The number of benzene rings is 3. The third-order valence-corrected chi connectivity index (χ3v) is 4.38. The zero-order chi connectivity index (χ0) is 18.2. The van der Waals surface area contributed by atoms with Gasteiger partial charge in [-0.05, 0) is 47.9 Å². The molecule has 3 rings (SSSR count). The maximum absolute atomic E-state index is 5.84. The molecule has 3 aromatic rings. The Kier molecular flexibility index (Phi) is 6.29. The molecule has 0 bridgehead atoms. The smallest absolute Gasteiger partial charge is 0.119 e. The molecule has 26 heavy (non-hydrogen) atoms. The summed E-state index contributed by atoms with van der Waals surface area (Å²) < 4.78 is 11.1. The van der Waals surface area contributed by atoms with Crippen molar-refractivity contribution < 1.29 is 9.47 Å². The van der Waals surface area contributed by atoms with Gasteiger partial charge in [0.05, 0.1) is 7.11 Å². The molecule has 0 unspecified atom stereocenters. The second-order valence-corrected chi connectivity index (χ2v) is 6.19. The lowest BCUT2D eigenvalue weighted by Gasteiger charge is -2.15. The normalized spacial score (nSPS) is 11.8. The molecule has 3 aromatic carbocycles. The monoisotopic (exact) mass is 347 g/mol. The minimum atomic E-state index is 0.245. The molecule has 3 nitrogen and oxygen atoms in total. The van der Waals surface area contributed by atoms with Gasteiger partial charge in [-0.2, -0.15) is 0 Å². The molecule has 1 atom stereocenters. The highest BCUT2D eigenvalue weighted by atomic mass is 16.5. The number of hydrogen-bond donors (Lipinski definition) is 1. The molecular formula is C23H25NO2. The Hall–Kier alpha value is -2.78. The molecule has 0 saturated carbocycles. The average Bonchev–Trinajstić information content (AvgIpc) is 2.72. The fourth-order valence-electron chi connectivity index (χ4n) is 2.85. The van der Waals surface area contributed by atoms with Crippen LogP contribution in [0.5, 0.6) is 11.5 Å². The van der Waals surface area contributed by atoms with Gasteiger partial charge in [0.25, 0.3) is 0 Å². The predicted octanol–water partition coefficient (Wildman–Crippen LogP) is 5.09. The summed E-state index contributed by atoms with van der Waals surface area (Å²) in [6.45, 7) is 3.54. The van der Waals surface area contributed by atoms with Gasteiger partial charge in [-0.1, -0.05) is 54.6 Å². The van der Waals surface area contributed by atoms with Crippen LogP contribution in [0.3, 0.4) is 0 Å². The minimum absolute atomic E-state index is 0.245. The van der Waals surface area contributed by atoms with E-state index in [2.05, 4.69) is 60.8 Å². The SMILES string of the molecule is COc1cccc([C@@H](C)NCCOc2ccc(-c3ccccc3)cc2)c1. The molecule has 0 aromatic heterocycles. The molecule has 1 N–H and O–H groups in total. The third-order valence-electron chi connectivity index (χ3n) is 4.38. The topological polar surface area (TPSA) is 30.5 Å². The van der Waals surface area contributed by atoms with Gasteiger partial charge >= 0.3 is 0 Å². The van der Waals surface area contributed by atoms with Crippen LogP contribution < -0.4 is 14.8 Å². The molecule has 0 spiro atoms. The first kappa shape index (κ1) is 18.0. The lowest BCUT2D eigenvalue weighted by molar-refractivity contribution is 0.307. The molecule has 0 amide bonds. The first-order chi connectivity index (χ1) is 12.8. The highest BCUT2D eigenvalue weighted by molar-refractivity contribution is 5.63. The predicted molar refractivity (Wildman–Crippen MR) is 107 cm³/mol. The van der Waals surface area contributed by atoms with Crippen molar-refractivity contribution >= 4 is 0 Å². The summed E-state index contributed by atoms with van der Waals surface area (Å²) in [7, 11) is 1.69. The van der Waals surface area contributed by atoms with Crippen molar-refractivity contribution in [3.8, 4) is 22.6 Å². The standard InChI is InChI=1S/C23H25NO2/c1-18(21-9-6-10-23(17-21)25-2)24-15-16-26-22-13-11-20(12-14-22)19-7-4-3-5-8-19/h3-14,17-18,24H,15-16H2,1-2H3/t18-/m1/s1. The van der Waals surface area contributed by atoms with Gasteiger partial charge in [0.1, 0.15) is 18.1 Å². The van der Waals surface area contributed by atoms with Crippen LogP contribution in [-0.2, 0) is 0 Å². The zero-order valence-corrected chi connectivity index (χ0v) is 15.3. The fourth-order valence-corrected chi connectivity index (χ4v) is 2.85. The average molecular weight is 347 g/mol. The van der Waals surface area contributed by atoms with Crippen molar-refractivity contribution in [2.45, 2.75) is 13.0 Å². The number of nitrogens with one attached hydrogen (secondary N) is 1. The van der Waals surface area contributed by atoms with Crippen LogP contribution in [0.15, 0.2) is 78.9 Å². The summed E-state index contributed by atoms with van der Waals surface area (Å²) in [4.78, 5) is 0. The van der Waals surface area contributed by atoms with E-state index in [4.69, 9.17) is 9.47 Å². The van der Waals surface area contributed by atoms with E-state index < -0.39 is 0 Å². The van der Waals surface area contributed by atoms with E-state index in [0.717, 1.165) is 18.0 Å². The van der Waals surface area contributed by atoms with Gasteiger partial charge in [-0.25, -0.2) is 0 Å². The van der Waals surface area contributed by atoms with Crippen LogP contribution in [0, 0.1) is 0 Å². The van der Waals surface area contributed by atoms with E-state index in [9.17, 15) is 0 Å². The van der Waals surface area contributed by atoms with Crippen LogP contribution in [-0.4, -0.2) is 20.3 Å². The Morgan fingerprint density at radius 1 is 0.808 bits per heavy atom. The Morgan fingerprint density at radius 2 is 1.54 bits per heavy atom. The van der Waals surface area contributed by atoms with Crippen molar-refractivity contribution in [1.82, 2.24) is 5.32 Å². The Labute approximate surface area is 155 Å². The molecule has 0 aliphatic carbocycles. The number of hydrogen-bond acceptors (Lipinski definition) is 3. The summed E-state index contributed by atoms with van der Waals surface area (Å²) in [5.74, 6) is 1.77. The largest absolute Gasteiger partial charge is 0.497 e. The van der Waals surface area contributed by atoms with E-state index >= 15 is 0 Å². The van der Waals surface area contributed by atoms with Crippen molar-refractivity contribution in [2.24, 2.45) is 0 Å². The first-order valence-electron chi connectivity index (χ1n) is 8.92. The Balaban J connectivity index is 1.46. The number of ether oxygens (including phenoxy) is 2. The highest BCUT2D eigenvalue weighted by Crippen LogP contribution is 2.22. The Bertz CT molecular complexity index is 800. The van der Waals surface area contributed by atoms with Crippen LogP contribution in [0.2, 0.25) is 0 Å². The van der Waals surface area contributed by atoms with Crippen molar-refractivity contribution in [2.75, 3.05) is 20.3 Å². The molecule has 0 saturated heterocycles. The molecule has 0 heterocycles. The minimum Gasteiger partial charge on any atom is -0.497 e. The van der Waals surface area contributed by atoms with Crippen LogP contribution in [0.1, 0.15) is 18.5 Å². The summed E-state index contributed by atoms with van der Waals surface area (Å²) in [6, 6.07) is 27.0. The molecule has 3 heteroatoms. The van der Waals surface area contributed by atoms with E-state index in [1.54, 1.807) is 7.11 Å². The second-order valence-electron chi connectivity index (χ2n) is 6.19. The van der Waals surface area contributed by atoms with E-state index in [0.29, 0.717) is 6.61 Å². The summed E-state index contributed by atoms with van der Waals surface area (Å²) in [5, 5.41) is 3.48. The third kappa shape index (κ3) is 4.87. The highest BCUT2D eigenvalue weighted by Gasteiger charge is 2.05. The molecule has 0 fully saturated rings. The second kappa shape index (κ2) is 9.07. The van der Waals surface area contributed by atoms with E-state index in [1.807, 2.05) is 30.3 Å². The van der Waals surface area contributed by atoms with Gasteiger partial charge < -0.3 is 14.8 Å². The van der Waals surface area contributed by atoms with Crippen molar-refractivity contribution in [1.29, 1.82) is 0 Å². The van der Waals surface area contributed by atoms with E-state index in [1.165, 1.54) is 16.7 Å². The van der Waals surface area contributed by atoms with Gasteiger partial charge in [-0.3, -0.25) is 0 Å². The van der Waals surface area contributed by atoms with E-state index in [-0.39, 0.29) is 6.04 Å². The fraction of sp³-hybridized carbons (Fsp3) is 0.217. The summed E-state index contributed by atoms with van der Waals surface area (Å²) >= 11 is 0. The quantitative estimate of drug-likeness (QED) is 0.576. The maximum atomic E-state index is 5.84. The van der Waals surface area contributed by atoms with Crippen molar-refractivity contribution in [3.05, 3.63) is 84.4 Å². The van der Waals surface area contributed by atoms with Gasteiger partial charge in [-0.15, -0.1) is 0 Å². The lowest BCUT2D eigenvalue weighted by Crippen LogP contribution is -2.24. The van der Waals surface area contributed by atoms with Gasteiger partial charge in [0, 0.05) is 12.6 Å². The summed E-state index contributed by atoms with van der Waals surface area (Å²) in [6.07, 6.45) is 0. The van der Waals surface area contributed by atoms with Gasteiger partial charge in [0.2, 0.25) is 0 Å². The molecule has 0 aliphatic heterocycles. The van der Waals surface area contributed by atoms with Crippen LogP contribution >= 0.6 is 0 Å². The lowest BCUT2D eigenvalue weighted by atomic mass is 10.1. The van der Waals surface area contributed by atoms with Crippen LogP contribution in [0.4, 0.5) is 0 Å². The van der Waals surface area contributed by atoms with Crippen LogP contribution in [0.25, 0.3) is 11.1 Å². The molecule has 134 valence electrons. The maximum Gasteiger partial charge on any atom is 0.119 e. The zero-order valence-electron chi connectivity index (χ0n) is 15.3. The molecular weight excluding hydrogens is 322 g/mol. The molecule has 0 radical (unpaired) electrons.